The van der Waals surface area contributed by atoms with E-state index in [9.17, 15) is 4.79 Å². The van der Waals surface area contributed by atoms with Gasteiger partial charge in [-0.15, -0.1) is 11.3 Å². The maximum atomic E-state index is 12.5. The third-order valence-electron chi connectivity index (χ3n) is 4.35. The van der Waals surface area contributed by atoms with Crippen LogP contribution < -0.4 is 5.32 Å². The van der Waals surface area contributed by atoms with Gasteiger partial charge in [0.2, 0.25) is 11.8 Å². The average Bonchev–Trinajstić information content (AvgIpc) is 3.27. The van der Waals surface area contributed by atoms with Crippen LogP contribution in [0.15, 0.2) is 28.1 Å². The monoisotopic (exact) mass is 377 g/mol. The SMILES string of the molecule is CC(C)(C)c1cc(NC(=O)CN(Cc2cccs2)CC2CCCO2)on1. The predicted octanol–water partition coefficient (Wildman–Crippen LogP) is 3.65. The molecule has 142 valence electrons. The summed E-state index contributed by atoms with van der Waals surface area (Å²) in [5.74, 6) is 0.296. The van der Waals surface area contributed by atoms with Crippen molar-refractivity contribution >= 4 is 23.1 Å². The second-order valence-electron chi connectivity index (χ2n) is 7.76. The first-order valence-corrected chi connectivity index (χ1v) is 9.91. The fourth-order valence-corrected chi connectivity index (χ4v) is 3.70. The Morgan fingerprint density at radius 1 is 1.46 bits per heavy atom. The summed E-state index contributed by atoms with van der Waals surface area (Å²) in [4.78, 5) is 15.9. The number of hydrogen-bond acceptors (Lipinski definition) is 6. The summed E-state index contributed by atoms with van der Waals surface area (Å²) in [6, 6.07) is 5.92. The molecule has 6 nitrogen and oxygen atoms in total. The molecule has 26 heavy (non-hydrogen) atoms. The molecular formula is C19H27N3O3S. The minimum absolute atomic E-state index is 0.101. The molecule has 1 fully saturated rings. The Hall–Kier alpha value is -1.70. The highest BCUT2D eigenvalue weighted by molar-refractivity contribution is 7.09. The van der Waals surface area contributed by atoms with Gasteiger partial charge in [0.25, 0.3) is 0 Å². The first kappa shape index (κ1) is 19.1. The molecule has 3 rings (SSSR count). The number of nitrogens with one attached hydrogen (secondary N) is 1. The molecule has 0 aromatic carbocycles. The summed E-state index contributed by atoms with van der Waals surface area (Å²) >= 11 is 1.70. The van der Waals surface area contributed by atoms with Crippen LogP contribution in [0.5, 0.6) is 0 Å². The van der Waals surface area contributed by atoms with E-state index in [-0.39, 0.29) is 17.4 Å². The third kappa shape index (κ3) is 5.40. The molecule has 0 spiro atoms. The molecule has 1 saturated heterocycles. The van der Waals surface area contributed by atoms with Crippen LogP contribution in [0.4, 0.5) is 5.88 Å². The Bertz CT molecular complexity index is 700. The van der Waals surface area contributed by atoms with E-state index in [4.69, 9.17) is 9.26 Å². The average molecular weight is 378 g/mol. The third-order valence-corrected chi connectivity index (χ3v) is 5.21. The molecule has 7 heteroatoms. The minimum atomic E-state index is -0.114. The Balaban J connectivity index is 1.59. The number of aromatic nitrogens is 1. The van der Waals surface area contributed by atoms with Gasteiger partial charge in [0.1, 0.15) is 0 Å². The molecule has 2 aromatic rings. The number of amides is 1. The van der Waals surface area contributed by atoms with Crippen molar-refractivity contribution in [3.63, 3.8) is 0 Å². The summed E-state index contributed by atoms with van der Waals surface area (Å²) in [6.45, 7) is 8.78. The van der Waals surface area contributed by atoms with Gasteiger partial charge in [-0.25, -0.2) is 0 Å². The number of rotatable bonds is 7. The topological polar surface area (TPSA) is 67.6 Å². The van der Waals surface area contributed by atoms with Crippen LogP contribution in [0.25, 0.3) is 0 Å². The summed E-state index contributed by atoms with van der Waals surface area (Å²) < 4.78 is 11.0. The minimum Gasteiger partial charge on any atom is -0.377 e. The Morgan fingerprint density at radius 3 is 2.92 bits per heavy atom. The van der Waals surface area contributed by atoms with E-state index in [2.05, 4.69) is 47.6 Å². The molecule has 2 aromatic heterocycles. The first-order chi connectivity index (χ1) is 12.4. The number of anilines is 1. The molecule has 1 amide bonds. The van der Waals surface area contributed by atoms with Crippen molar-refractivity contribution in [3.05, 3.63) is 34.2 Å². The highest BCUT2D eigenvalue weighted by atomic mass is 32.1. The number of thiophene rings is 1. The molecule has 0 aliphatic carbocycles. The molecule has 1 unspecified atom stereocenters. The number of ether oxygens (including phenoxy) is 1. The van der Waals surface area contributed by atoms with Crippen molar-refractivity contribution in [1.82, 2.24) is 10.1 Å². The van der Waals surface area contributed by atoms with Crippen molar-refractivity contribution in [1.29, 1.82) is 0 Å². The largest absolute Gasteiger partial charge is 0.377 e. The summed E-state index contributed by atoms with van der Waals surface area (Å²) in [6.07, 6.45) is 2.36. The number of carbonyl (C=O) groups excluding carboxylic acids is 1. The molecule has 0 radical (unpaired) electrons. The van der Waals surface area contributed by atoms with Gasteiger partial charge in [-0.2, -0.15) is 0 Å². The summed E-state index contributed by atoms with van der Waals surface area (Å²) in [5, 5.41) is 8.92. The normalized spacial score (nSPS) is 17.8. The van der Waals surface area contributed by atoms with E-state index in [1.165, 1.54) is 4.88 Å². The Kier molecular flexibility index (Phi) is 6.11. The molecule has 1 aliphatic heterocycles. The molecule has 0 bridgehead atoms. The van der Waals surface area contributed by atoms with Crippen LogP contribution >= 0.6 is 11.3 Å². The van der Waals surface area contributed by atoms with Gasteiger partial charge in [-0.1, -0.05) is 32.0 Å². The van der Waals surface area contributed by atoms with E-state index in [1.54, 1.807) is 17.4 Å². The van der Waals surface area contributed by atoms with Crippen LogP contribution in [0.3, 0.4) is 0 Å². The van der Waals surface area contributed by atoms with Crippen molar-refractivity contribution in [3.8, 4) is 0 Å². The second kappa shape index (κ2) is 8.33. The fraction of sp³-hybridized carbons (Fsp3) is 0.579. The summed E-state index contributed by atoms with van der Waals surface area (Å²) in [7, 11) is 0. The predicted molar refractivity (Wildman–Crippen MR) is 102 cm³/mol. The van der Waals surface area contributed by atoms with Gasteiger partial charge >= 0.3 is 0 Å². The molecular weight excluding hydrogens is 350 g/mol. The van der Waals surface area contributed by atoms with Crippen LogP contribution in [0, 0.1) is 0 Å². The van der Waals surface area contributed by atoms with Crippen LogP contribution in [0.2, 0.25) is 0 Å². The zero-order valence-electron chi connectivity index (χ0n) is 15.7. The van der Waals surface area contributed by atoms with E-state index in [0.717, 1.165) is 38.2 Å². The lowest BCUT2D eigenvalue weighted by atomic mass is 9.92. The summed E-state index contributed by atoms with van der Waals surface area (Å²) in [5.41, 5.74) is 0.708. The second-order valence-corrected chi connectivity index (χ2v) is 8.79. The van der Waals surface area contributed by atoms with Crippen LogP contribution in [-0.2, 0) is 21.5 Å². The quantitative estimate of drug-likeness (QED) is 0.798. The van der Waals surface area contributed by atoms with Crippen molar-refractivity contribution in [2.75, 3.05) is 25.0 Å². The van der Waals surface area contributed by atoms with Crippen LogP contribution in [0.1, 0.15) is 44.2 Å². The van der Waals surface area contributed by atoms with E-state index in [0.29, 0.717) is 12.4 Å². The maximum Gasteiger partial charge on any atom is 0.240 e. The lowest BCUT2D eigenvalue weighted by molar-refractivity contribution is -0.117. The zero-order chi connectivity index (χ0) is 18.6. The number of nitrogens with zero attached hydrogens (tertiary/aromatic N) is 2. The number of carbonyl (C=O) groups is 1. The molecule has 3 heterocycles. The smallest absolute Gasteiger partial charge is 0.240 e. The van der Waals surface area contributed by atoms with Crippen LogP contribution in [-0.4, -0.2) is 41.8 Å². The van der Waals surface area contributed by atoms with E-state index >= 15 is 0 Å². The van der Waals surface area contributed by atoms with Gasteiger partial charge in [-0.05, 0) is 24.3 Å². The van der Waals surface area contributed by atoms with E-state index in [1.807, 2.05) is 6.07 Å². The fourth-order valence-electron chi connectivity index (χ4n) is 2.95. The van der Waals surface area contributed by atoms with Crippen molar-refractivity contribution in [2.24, 2.45) is 0 Å². The van der Waals surface area contributed by atoms with Gasteiger partial charge in [0.05, 0.1) is 18.3 Å². The zero-order valence-corrected chi connectivity index (χ0v) is 16.5. The Labute approximate surface area is 158 Å². The van der Waals surface area contributed by atoms with Crippen molar-refractivity contribution in [2.45, 2.75) is 51.7 Å². The molecule has 1 N–H and O–H groups in total. The van der Waals surface area contributed by atoms with E-state index < -0.39 is 0 Å². The van der Waals surface area contributed by atoms with Gasteiger partial charge in [0, 0.05) is 36.1 Å². The van der Waals surface area contributed by atoms with Gasteiger partial charge < -0.3 is 9.26 Å². The number of hydrogen-bond donors (Lipinski definition) is 1. The van der Waals surface area contributed by atoms with Gasteiger partial charge in [-0.3, -0.25) is 15.0 Å². The lowest BCUT2D eigenvalue weighted by Crippen LogP contribution is -2.37. The Morgan fingerprint density at radius 2 is 2.31 bits per heavy atom. The highest BCUT2D eigenvalue weighted by Crippen LogP contribution is 2.23. The molecule has 1 atom stereocenters. The highest BCUT2D eigenvalue weighted by Gasteiger charge is 2.23. The van der Waals surface area contributed by atoms with Crippen molar-refractivity contribution < 1.29 is 14.1 Å². The molecule has 0 saturated carbocycles. The van der Waals surface area contributed by atoms with Gasteiger partial charge in [0.15, 0.2) is 0 Å². The maximum absolute atomic E-state index is 12.5. The molecule has 1 aliphatic rings. The lowest BCUT2D eigenvalue weighted by Gasteiger charge is -2.23. The standard InChI is InChI=1S/C19H27N3O3S/c1-19(2,3)16-10-18(25-21-16)20-17(23)13-22(11-14-6-4-8-24-14)12-15-7-5-9-26-15/h5,7,9-10,14H,4,6,8,11-13H2,1-3H3,(H,20,23). The first-order valence-electron chi connectivity index (χ1n) is 9.03.